The maximum Gasteiger partial charge on any atom is 0.137 e. The van der Waals surface area contributed by atoms with Crippen LogP contribution >= 0.6 is 0 Å². The number of hydrogen-bond acceptors (Lipinski definition) is 4. The van der Waals surface area contributed by atoms with Gasteiger partial charge in [-0.25, -0.2) is 0 Å². The van der Waals surface area contributed by atoms with E-state index in [0.717, 1.165) is 26.1 Å². The van der Waals surface area contributed by atoms with Crippen molar-refractivity contribution >= 4 is 5.69 Å². The van der Waals surface area contributed by atoms with Crippen molar-refractivity contribution in [2.45, 2.75) is 45.1 Å². The average Bonchev–Trinajstić information content (AvgIpc) is 3.10. The second-order valence-electron chi connectivity index (χ2n) is 6.18. The standard InChI is InChI=1S/C16H21N5/c1-12-10-17-7-6-14(12)20-8-2-4-13(11-20)16-19-18-15-5-3-9-21(15)16/h6-7,10,13H,2-5,8-9,11H2,1H3. The third kappa shape index (κ3) is 2.20. The van der Waals surface area contributed by atoms with Crippen LogP contribution in [0.2, 0.25) is 0 Å². The fourth-order valence-corrected chi connectivity index (χ4v) is 3.70. The Kier molecular flexibility index (Phi) is 3.13. The molecule has 1 unspecified atom stereocenters. The van der Waals surface area contributed by atoms with Gasteiger partial charge < -0.3 is 9.47 Å². The highest BCUT2D eigenvalue weighted by Gasteiger charge is 2.28. The molecule has 0 N–H and O–H groups in total. The lowest BCUT2D eigenvalue weighted by molar-refractivity contribution is 0.472. The molecule has 2 aliphatic heterocycles. The van der Waals surface area contributed by atoms with Gasteiger partial charge in [0.15, 0.2) is 0 Å². The number of aromatic nitrogens is 4. The minimum absolute atomic E-state index is 0.505. The molecule has 5 heteroatoms. The van der Waals surface area contributed by atoms with Gasteiger partial charge in [-0.2, -0.15) is 0 Å². The number of pyridine rings is 1. The zero-order valence-electron chi connectivity index (χ0n) is 12.5. The quantitative estimate of drug-likeness (QED) is 0.848. The molecule has 2 aromatic rings. The van der Waals surface area contributed by atoms with Gasteiger partial charge in [-0.1, -0.05) is 0 Å². The molecule has 5 nitrogen and oxygen atoms in total. The van der Waals surface area contributed by atoms with Gasteiger partial charge in [-0.3, -0.25) is 4.98 Å². The maximum absolute atomic E-state index is 4.49. The topological polar surface area (TPSA) is 46.8 Å². The van der Waals surface area contributed by atoms with Crippen LogP contribution in [0.1, 0.15) is 42.4 Å². The fraction of sp³-hybridized carbons (Fsp3) is 0.562. The number of rotatable bonds is 2. The summed E-state index contributed by atoms with van der Waals surface area (Å²) in [6.45, 7) is 5.41. The normalized spacial score (nSPS) is 21.6. The van der Waals surface area contributed by atoms with Gasteiger partial charge in [0.2, 0.25) is 0 Å². The summed E-state index contributed by atoms with van der Waals surface area (Å²) < 4.78 is 2.35. The van der Waals surface area contributed by atoms with Gasteiger partial charge in [0, 0.05) is 50.1 Å². The van der Waals surface area contributed by atoms with E-state index in [9.17, 15) is 0 Å². The minimum Gasteiger partial charge on any atom is -0.370 e. The second kappa shape index (κ2) is 5.13. The first-order valence-electron chi connectivity index (χ1n) is 7.90. The first-order valence-corrected chi connectivity index (χ1v) is 7.90. The van der Waals surface area contributed by atoms with Crippen LogP contribution in [0, 0.1) is 6.92 Å². The van der Waals surface area contributed by atoms with Crippen LogP contribution in [0.3, 0.4) is 0 Å². The van der Waals surface area contributed by atoms with E-state index >= 15 is 0 Å². The Hall–Kier alpha value is -1.91. The molecule has 0 saturated carbocycles. The molecule has 1 atom stereocenters. The summed E-state index contributed by atoms with van der Waals surface area (Å²) >= 11 is 0. The molecule has 0 aromatic carbocycles. The summed E-state index contributed by atoms with van der Waals surface area (Å²) in [5, 5.41) is 8.86. The predicted molar refractivity (Wildman–Crippen MR) is 81.5 cm³/mol. The van der Waals surface area contributed by atoms with E-state index in [1.54, 1.807) is 0 Å². The van der Waals surface area contributed by atoms with Crippen LogP contribution in [0.15, 0.2) is 18.5 Å². The molecular weight excluding hydrogens is 262 g/mol. The van der Waals surface area contributed by atoms with E-state index in [4.69, 9.17) is 0 Å². The molecule has 4 heterocycles. The number of aryl methyl sites for hydroxylation is 2. The van der Waals surface area contributed by atoms with Crippen molar-refractivity contribution in [3.05, 3.63) is 35.7 Å². The molecule has 1 fully saturated rings. The molecule has 0 radical (unpaired) electrons. The number of fused-ring (bicyclic) bond motifs is 1. The predicted octanol–water partition coefficient (Wildman–Crippen LogP) is 2.31. The van der Waals surface area contributed by atoms with Gasteiger partial charge in [0.25, 0.3) is 0 Å². The highest BCUT2D eigenvalue weighted by atomic mass is 15.3. The average molecular weight is 283 g/mol. The molecule has 21 heavy (non-hydrogen) atoms. The molecule has 2 aromatic heterocycles. The fourth-order valence-electron chi connectivity index (χ4n) is 3.70. The number of hydrogen-bond donors (Lipinski definition) is 0. The summed E-state index contributed by atoms with van der Waals surface area (Å²) in [4.78, 5) is 6.69. The lowest BCUT2D eigenvalue weighted by Gasteiger charge is -2.34. The lowest BCUT2D eigenvalue weighted by Crippen LogP contribution is -2.35. The second-order valence-corrected chi connectivity index (χ2v) is 6.18. The van der Waals surface area contributed by atoms with Crippen LogP contribution in [0.5, 0.6) is 0 Å². The van der Waals surface area contributed by atoms with Crippen molar-refractivity contribution in [2.24, 2.45) is 0 Å². The zero-order valence-corrected chi connectivity index (χ0v) is 12.5. The Morgan fingerprint density at radius 1 is 1.19 bits per heavy atom. The minimum atomic E-state index is 0.505. The number of anilines is 1. The monoisotopic (exact) mass is 283 g/mol. The van der Waals surface area contributed by atoms with Crippen molar-refractivity contribution in [1.29, 1.82) is 0 Å². The van der Waals surface area contributed by atoms with Crippen LogP contribution in [-0.4, -0.2) is 32.8 Å². The van der Waals surface area contributed by atoms with E-state index in [2.05, 4.69) is 37.6 Å². The van der Waals surface area contributed by atoms with E-state index in [0.29, 0.717) is 5.92 Å². The van der Waals surface area contributed by atoms with Crippen molar-refractivity contribution < 1.29 is 0 Å². The van der Waals surface area contributed by atoms with Crippen LogP contribution in [0.4, 0.5) is 5.69 Å². The smallest absolute Gasteiger partial charge is 0.137 e. The molecule has 110 valence electrons. The number of nitrogens with zero attached hydrogens (tertiary/aromatic N) is 5. The van der Waals surface area contributed by atoms with Gasteiger partial charge >= 0.3 is 0 Å². The first-order chi connectivity index (χ1) is 10.3. The van der Waals surface area contributed by atoms with Crippen molar-refractivity contribution in [3.8, 4) is 0 Å². The maximum atomic E-state index is 4.49. The summed E-state index contributed by atoms with van der Waals surface area (Å²) in [7, 11) is 0. The summed E-state index contributed by atoms with van der Waals surface area (Å²) in [6, 6.07) is 2.13. The van der Waals surface area contributed by atoms with Crippen LogP contribution in [0.25, 0.3) is 0 Å². The number of piperidine rings is 1. The third-order valence-electron chi connectivity index (χ3n) is 4.76. The third-order valence-corrected chi connectivity index (χ3v) is 4.76. The molecule has 0 bridgehead atoms. The molecule has 0 amide bonds. The molecule has 0 aliphatic carbocycles. The van der Waals surface area contributed by atoms with E-state index in [1.807, 2.05) is 12.4 Å². The lowest BCUT2D eigenvalue weighted by atomic mass is 9.96. The van der Waals surface area contributed by atoms with Crippen LogP contribution < -0.4 is 4.90 Å². The first kappa shape index (κ1) is 12.8. The van der Waals surface area contributed by atoms with Crippen molar-refractivity contribution in [3.63, 3.8) is 0 Å². The van der Waals surface area contributed by atoms with Gasteiger partial charge in [0.1, 0.15) is 11.6 Å². The molecule has 1 saturated heterocycles. The van der Waals surface area contributed by atoms with E-state index < -0.39 is 0 Å². The Morgan fingerprint density at radius 3 is 3.05 bits per heavy atom. The molecule has 2 aliphatic rings. The Labute approximate surface area is 125 Å². The summed E-state index contributed by atoms with van der Waals surface area (Å²) in [5.74, 6) is 2.90. The van der Waals surface area contributed by atoms with Gasteiger partial charge in [0.05, 0.1) is 0 Å². The zero-order chi connectivity index (χ0) is 14.2. The Balaban J connectivity index is 1.59. The van der Waals surface area contributed by atoms with Crippen molar-refractivity contribution in [1.82, 2.24) is 19.7 Å². The molecule has 0 spiro atoms. The molecule has 4 rings (SSSR count). The summed E-state index contributed by atoms with van der Waals surface area (Å²) in [6.07, 6.45) is 8.59. The Bertz CT molecular complexity index is 648. The highest BCUT2D eigenvalue weighted by Crippen LogP contribution is 2.31. The summed E-state index contributed by atoms with van der Waals surface area (Å²) in [5.41, 5.74) is 2.57. The van der Waals surface area contributed by atoms with Crippen LogP contribution in [-0.2, 0) is 13.0 Å². The van der Waals surface area contributed by atoms with E-state index in [-0.39, 0.29) is 0 Å². The largest absolute Gasteiger partial charge is 0.370 e. The van der Waals surface area contributed by atoms with Gasteiger partial charge in [-0.15, -0.1) is 10.2 Å². The Morgan fingerprint density at radius 2 is 2.14 bits per heavy atom. The van der Waals surface area contributed by atoms with Gasteiger partial charge in [-0.05, 0) is 37.8 Å². The molecular formula is C16H21N5. The van der Waals surface area contributed by atoms with E-state index in [1.165, 1.54) is 42.2 Å². The van der Waals surface area contributed by atoms with Crippen molar-refractivity contribution in [2.75, 3.05) is 18.0 Å². The highest BCUT2D eigenvalue weighted by molar-refractivity contribution is 5.52. The SMILES string of the molecule is Cc1cnccc1N1CCCC(c2nnc3n2CCC3)C1.